The first-order valence-corrected chi connectivity index (χ1v) is 5.93. The highest BCUT2D eigenvalue weighted by molar-refractivity contribution is 8.12. The third kappa shape index (κ3) is 9.49. The summed E-state index contributed by atoms with van der Waals surface area (Å²) in [6.07, 6.45) is 5.40. The van der Waals surface area contributed by atoms with Crippen LogP contribution in [0.15, 0.2) is 22.7 Å². The number of nitrogens with zero attached hydrogens (tertiary/aromatic N) is 2. The predicted octanol–water partition coefficient (Wildman–Crippen LogP) is 2.16. The highest BCUT2D eigenvalue weighted by Crippen LogP contribution is 1.99. The summed E-state index contributed by atoms with van der Waals surface area (Å²) in [6.45, 7) is 10.7. The number of hydrazone groups is 1. The van der Waals surface area contributed by atoms with E-state index in [9.17, 15) is 0 Å². The molecule has 0 saturated carbocycles. The van der Waals surface area contributed by atoms with Crippen LogP contribution in [-0.2, 0) is 0 Å². The number of unbranched alkanes of at least 4 members (excludes halogenated alkanes) is 2. The van der Waals surface area contributed by atoms with E-state index in [-0.39, 0.29) is 0 Å². The van der Waals surface area contributed by atoms with Crippen molar-refractivity contribution in [3.05, 3.63) is 12.7 Å². The number of rotatable bonds is 8. The molecule has 15 heavy (non-hydrogen) atoms. The Hall–Kier alpha value is -0.810. The predicted molar refractivity (Wildman–Crippen MR) is 70.3 cm³/mol. The fraction of sp³-hybridized carbons (Fsp3) is 0.600. The van der Waals surface area contributed by atoms with E-state index in [1.807, 2.05) is 0 Å². The Labute approximate surface area is 96.5 Å². The van der Waals surface area contributed by atoms with Crippen molar-refractivity contribution in [2.45, 2.75) is 26.2 Å². The molecule has 0 heterocycles. The van der Waals surface area contributed by atoms with Crippen molar-refractivity contribution in [1.82, 2.24) is 10.1 Å². The second kappa shape index (κ2) is 11.3. The molecule has 0 aromatic rings. The van der Waals surface area contributed by atoms with Crippen molar-refractivity contribution < 1.29 is 0 Å². The molecule has 0 bridgehead atoms. The normalized spacial score (nSPS) is 11.1. The van der Waals surface area contributed by atoms with E-state index in [4.69, 9.17) is 0 Å². The Balaban J connectivity index is 3.65. The molecule has 0 rings (SSSR count). The third-order valence-corrected chi connectivity index (χ3v) is 2.35. The lowest BCUT2D eigenvalue weighted by Gasteiger charge is -2.05. The summed E-state index contributed by atoms with van der Waals surface area (Å²) in [7, 11) is 0. The fourth-order valence-electron chi connectivity index (χ4n) is 0.872. The van der Waals surface area contributed by atoms with Crippen LogP contribution in [0.25, 0.3) is 0 Å². The molecule has 0 fully saturated rings. The van der Waals surface area contributed by atoms with Crippen molar-refractivity contribution >= 4 is 23.8 Å². The number of nitrogens with one attached hydrogen (secondary N) is 2. The maximum absolute atomic E-state index is 4.20. The Kier molecular flexibility index (Phi) is 10.7. The minimum atomic E-state index is 0.585. The smallest absolute Gasteiger partial charge is 0.192 e. The lowest BCUT2D eigenvalue weighted by Crippen LogP contribution is -2.19. The van der Waals surface area contributed by atoms with E-state index in [0.29, 0.717) is 6.54 Å². The van der Waals surface area contributed by atoms with Gasteiger partial charge in [0.2, 0.25) is 0 Å². The summed E-state index contributed by atoms with van der Waals surface area (Å²) >= 11 is 1.44. The van der Waals surface area contributed by atoms with Crippen LogP contribution < -0.4 is 10.1 Å². The number of hydrogen-bond donors (Lipinski definition) is 2. The first-order chi connectivity index (χ1) is 7.35. The lowest BCUT2D eigenvalue weighted by molar-refractivity contribution is 0.709. The molecular weight excluding hydrogens is 208 g/mol. The second-order valence-corrected chi connectivity index (χ2v) is 3.79. The molecule has 2 N–H and O–H groups in total. The van der Waals surface area contributed by atoms with Gasteiger partial charge in [-0.25, -0.2) is 0 Å². The van der Waals surface area contributed by atoms with Gasteiger partial charge in [0.1, 0.15) is 0 Å². The van der Waals surface area contributed by atoms with Gasteiger partial charge in [0, 0.05) is 13.3 Å². The van der Waals surface area contributed by atoms with Gasteiger partial charge in [0.15, 0.2) is 5.17 Å². The van der Waals surface area contributed by atoms with Gasteiger partial charge < -0.3 is 0 Å². The van der Waals surface area contributed by atoms with Crippen molar-refractivity contribution in [3.8, 4) is 0 Å². The quantitative estimate of drug-likeness (QED) is 0.167. The summed E-state index contributed by atoms with van der Waals surface area (Å²) in [5, 5.41) is 4.30. The van der Waals surface area contributed by atoms with E-state index < -0.39 is 0 Å². The maximum Gasteiger partial charge on any atom is 0.192 e. The van der Waals surface area contributed by atoms with Crippen LogP contribution in [0.2, 0.25) is 0 Å². The van der Waals surface area contributed by atoms with Crippen LogP contribution in [0.1, 0.15) is 26.2 Å². The molecule has 0 unspecified atom stereocenters. The van der Waals surface area contributed by atoms with E-state index >= 15 is 0 Å². The Morgan fingerprint density at radius 3 is 2.87 bits per heavy atom. The molecule has 0 spiro atoms. The van der Waals surface area contributed by atoms with Gasteiger partial charge in [-0.2, -0.15) is 5.10 Å². The molecule has 0 atom stereocenters. The molecule has 0 aromatic carbocycles. The molecule has 4 nitrogen and oxygen atoms in total. The highest BCUT2D eigenvalue weighted by Gasteiger charge is 1.96. The summed E-state index contributed by atoms with van der Waals surface area (Å²) in [4.78, 5) is 4.20. The molecule has 86 valence electrons. The van der Waals surface area contributed by atoms with Gasteiger partial charge in [0.25, 0.3) is 0 Å². The van der Waals surface area contributed by atoms with E-state index in [2.05, 4.69) is 40.5 Å². The zero-order valence-electron chi connectivity index (χ0n) is 9.33. The molecule has 0 saturated heterocycles. The van der Waals surface area contributed by atoms with Crippen LogP contribution in [-0.4, -0.2) is 25.0 Å². The van der Waals surface area contributed by atoms with Crippen LogP contribution in [0.4, 0.5) is 0 Å². The largest absolute Gasteiger partial charge is 0.257 e. The Bertz CT molecular complexity index is 204. The zero-order chi connectivity index (χ0) is 11.4. The van der Waals surface area contributed by atoms with Crippen LogP contribution in [0.5, 0.6) is 0 Å². The van der Waals surface area contributed by atoms with Crippen molar-refractivity contribution in [2.24, 2.45) is 10.1 Å². The van der Waals surface area contributed by atoms with Gasteiger partial charge in [0.05, 0.1) is 6.54 Å². The number of amidine groups is 1. The molecule has 0 amide bonds. The number of aliphatic imine (C=N–C) groups is 1. The number of hydrogen-bond acceptors (Lipinski definition) is 4. The highest BCUT2D eigenvalue weighted by atomic mass is 32.2. The Morgan fingerprint density at radius 2 is 2.27 bits per heavy atom. The minimum absolute atomic E-state index is 0.585. The summed E-state index contributed by atoms with van der Waals surface area (Å²) in [6, 6.07) is 0. The average Bonchev–Trinajstić information content (AvgIpc) is 2.25. The van der Waals surface area contributed by atoms with Crippen LogP contribution >= 0.6 is 11.9 Å². The lowest BCUT2D eigenvalue weighted by atomic mass is 10.3. The SMILES string of the molecule is C=CCN=C(NN=C)SNCCCCC. The van der Waals surface area contributed by atoms with Gasteiger partial charge in [-0.05, 0) is 18.4 Å². The first kappa shape index (κ1) is 14.2. The van der Waals surface area contributed by atoms with E-state index in [0.717, 1.165) is 11.7 Å². The Morgan fingerprint density at radius 1 is 1.47 bits per heavy atom. The minimum Gasteiger partial charge on any atom is -0.257 e. The average molecular weight is 228 g/mol. The molecule has 5 heteroatoms. The van der Waals surface area contributed by atoms with Gasteiger partial charge in [-0.1, -0.05) is 25.8 Å². The molecule has 0 radical (unpaired) electrons. The molecule has 0 aliphatic heterocycles. The monoisotopic (exact) mass is 228 g/mol. The third-order valence-electron chi connectivity index (χ3n) is 1.59. The second-order valence-electron chi connectivity index (χ2n) is 2.91. The van der Waals surface area contributed by atoms with Crippen LogP contribution in [0, 0.1) is 0 Å². The standard InChI is InChI=1S/C10H20N4S/c1-4-6-7-9-13-15-10(14-11-3)12-8-5-2/h5,13H,2-4,6-9H2,1H3,(H,12,14). The topological polar surface area (TPSA) is 48.8 Å². The summed E-state index contributed by atoms with van der Waals surface area (Å²) < 4.78 is 3.22. The molecule has 0 aliphatic carbocycles. The summed E-state index contributed by atoms with van der Waals surface area (Å²) in [5.41, 5.74) is 2.72. The van der Waals surface area contributed by atoms with Crippen LogP contribution in [0.3, 0.4) is 0 Å². The van der Waals surface area contributed by atoms with Crippen molar-refractivity contribution in [3.63, 3.8) is 0 Å². The van der Waals surface area contributed by atoms with E-state index in [1.165, 1.54) is 31.2 Å². The fourth-order valence-corrected chi connectivity index (χ4v) is 1.50. The summed E-state index contributed by atoms with van der Waals surface area (Å²) in [5.74, 6) is 0. The van der Waals surface area contributed by atoms with Crippen molar-refractivity contribution in [2.75, 3.05) is 13.1 Å². The maximum atomic E-state index is 4.20. The van der Waals surface area contributed by atoms with Gasteiger partial charge in [-0.3, -0.25) is 15.1 Å². The zero-order valence-corrected chi connectivity index (χ0v) is 10.1. The van der Waals surface area contributed by atoms with Crippen molar-refractivity contribution in [1.29, 1.82) is 0 Å². The molecule has 0 aromatic heterocycles. The first-order valence-electron chi connectivity index (χ1n) is 5.12. The van der Waals surface area contributed by atoms with E-state index in [1.54, 1.807) is 6.08 Å². The van der Waals surface area contributed by atoms with Gasteiger partial charge in [-0.15, -0.1) is 6.58 Å². The molecule has 0 aliphatic rings. The molecular formula is C10H20N4S. The van der Waals surface area contributed by atoms with Gasteiger partial charge >= 0.3 is 0 Å².